The molecule has 2 amide bonds. The number of fused-ring (bicyclic) bond motifs is 1. The molecule has 34 heavy (non-hydrogen) atoms. The topological polar surface area (TPSA) is 77.2 Å². The summed E-state index contributed by atoms with van der Waals surface area (Å²) in [6, 6.07) is 15.7. The van der Waals surface area contributed by atoms with Crippen molar-refractivity contribution in [3.8, 4) is 11.1 Å². The molecule has 1 saturated heterocycles. The smallest absolute Gasteiger partial charge is 0.256 e. The summed E-state index contributed by atoms with van der Waals surface area (Å²) in [7, 11) is 0. The van der Waals surface area contributed by atoms with Crippen molar-refractivity contribution in [1.82, 2.24) is 15.2 Å². The predicted octanol–water partition coefficient (Wildman–Crippen LogP) is 4.96. The molecule has 0 unspecified atom stereocenters. The molecule has 3 aromatic rings. The van der Waals surface area contributed by atoms with Gasteiger partial charge in [0.1, 0.15) is 0 Å². The molecule has 1 aromatic heterocycles. The lowest BCUT2D eigenvalue weighted by molar-refractivity contribution is -0.110. The number of hydrogen-bond acceptors (Lipinski definition) is 3. The molecule has 7 heteroatoms. The first-order chi connectivity index (χ1) is 16.3. The standard InChI is InChI=1S/C27H27ClN4O2/c1-15-11-21(27(34)32-13-16(2)29-17(3)14-32)24(30-15)12-22-25-20(18-7-9-19(28)10-8-18)5-4-6-23(25)31-26(22)33/h4-12,16-17,29-30H,13-14H2,1-3H3,(H,31,33)/b22-12-/t16-,17-/m0/s1. The van der Waals surface area contributed by atoms with Gasteiger partial charge >= 0.3 is 0 Å². The average Bonchev–Trinajstić information content (AvgIpc) is 3.32. The summed E-state index contributed by atoms with van der Waals surface area (Å²) < 4.78 is 0. The Labute approximate surface area is 204 Å². The van der Waals surface area contributed by atoms with Crippen molar-refractivity contribution >= 4 is 40.8 Å². The molecular formula is C27H27ClN4O2. The first-order valence-electron chi connectivity index (χ1n) is 11.5. The van der Waals surface area contributed by atoms with Gasteiger partial charge in [0.25, 0.3) is 11.8 Å². The maximum atomic E-state index is 13.5. The summed E-state index contributed by atoms with van der Waals surface area (Å²) in [4.78, 5) is 31.7. The molecule has 3 heterocycles. The maximum Gasteiger partial charge on any atom is 0.256 e. The Balaban J connectivity index is 1.57. The van der Waals surface area contributed by atoms with Crippen LogP contribution in [-0.4, -0.2) is 46.9 Å². The minimum absolute atomic E-state index is 0.0268. The van der Waals surface area contributed by atoms with Gasteiger partial charge in [-0.25, -0.2) is 0 Å². The van der Waals surface area contributed by atoms with Crippen LogP contribution in [0.25, 0.3) is 22.8 Å². The summed E-state index contributed by atoms with van der Waals surface area (Å²) >= 11 is 6.09. The highest BCUT2D eigenvalue weighted by atomic mass is 35.5. The normalized spacial score (nSPS) is 21.0. The molecule has 5 rings (SSSR count). The van der Waals surface area contributed by atoms with Crippen LogP contribution in [0.1, 0.15) is 41.2 Å². The number of aromatic amines is 1. The van der Waals surface area contributed by atoms with E-state index in [4.69, 9.17) is 11.6 Å². The maximum absolute atomic E-state index is 13.5. The number of amides is 2. The molecular weight excluding hydrogens is 448 g/mol. The minimum Gasteiger partial charge on any atom is -0.358 e. The lowest BCUT2D eigenvalue weighted by atomic mass is 9.94. The predicted molar refractivity (Wildman–Crippen MR) is 137 cm³/mol. The van der Waals surface area contributed by atoms with Crippen LogP contribution in [0.5, 0.6) is 0 Å². The molecule has 0 bridgehead atoms. The van der Waals surface area contributed by atoms with Crippen LogP contribution in [0.15, 0.2) is 48.5 Å². The van der Waals surface area contributed by atoms with Gasteiger partial charge in [-0.2, -0.15) is 0 Å². The van der Waals surface area contributed by atoms with Gasteiger partial charge in [0, 0.05) is 47.1 Å². The summed E-state index contributed by atoms with van der Waals surface area (Å²) in [5.74, 6) is -0.215. The van der Waals surface area contributed by atoms with Crippen molar-refractivity contribution in [3.63, 3.8) is 0 Å². The molecule has 174 valence electrons. The molecule has 0 radical (unpaired) electrons. The van der Waals surface area contributed by atoms with Crippen molar-refractivity contribution in [2.75, 3.05) is 18.4 Å². The van der Waals surface area contributed by atoms with E-state index in [9.17, 15) is 9.59 Å². The molecule has 2 aromatic carbocycles. The Bertz CT molecular complexity index is 1300. The molecule has 0 saturated carbocycles. The van der Waals surface area contributed by atoms with Crippen LogP contribution in [-0.2, 0) is 4.79 Å². The van der Waals surface area contributed by atoms with E-state index in [2.05, 4.69) is 29.5 Å². The van der Waals surface area contributed by atoms with E-state index in [1.165, 1.54) is 0 Å². The third-order valence-corrected chi connectivity index (χ3v) is 6.58. The third kappa shape index (κ3) is 4.15. The van der Waals surface area contributed by atoms with Gasteiger partial charge in [-0.3, -0.25) is 9.59 Å². The van der Waals surface area contributed by atoms with Crippen LogP contribution >= 0.6 is 11.6 Å². The number of carbonyl (C=O) groups excluding carboxylic acids is 2. The van der Waals surface area contributed by atoms with E-state index in [0.717, 1.165) is 28.1 Å². The lowest BCUT2D eigenvalue weighted by Gasteiger charge is -2.36. The SMILES string of the molecule is Cc1cc(C(=O)N2C[C@H](C)N[C@@H](C)C2)c(/C=C2\C(=O)Nc3cccc(-c4ccc(Cl)cc4)c32)[nH]1. The fraction of sp³-hybridized carbons (Fsp3) is 0.259. The quantitative estimate of drug-likeness (QED) is 0.469. The van der Waals surface area contributed by atoms with Gasteiger partial charge < -0.3 is 20.5 Å². The number of hydrogen-bond donors (Lipinski definition) is 3. The van der Waals surface area contributed by atoms with E-state index in [-0.39, 0.29) is 23.9 Å². The Morgan fingerprint density at radius 2 is 1.79 bits per heavy atom. The fourth-order valence-electron chi connectivity index (χ4n) is 4.97. The summed E-state index contributed by atoms with van der Waals surface area (Å²) in [6.45, 7) is 7.38. The Hall–Kier alpha value is -3.35. The third-order valence-electron chi connectivity index (χ3n) is 6.33. The molecule has 2 atom stereocenters. The van der Waals surface area contributed by atoms with Gasteiger partial charge in [0.2, 0.25) is 0 Å². The van der Waals surface area contributed by atoms with Crippen LogP contribution in [0.2, 0.25) is 5.02 Å². The molecule has 0 aliphatic carbocycles. The van der Waals surface area contributed by atoms with Crippen molar-refractivity contribution in [1.29, 1.82) is 0 Å². The number of nitrogens with zero attached hydrogens (tertiary/aromatic N) is 1. The van der Waals surface area contributed by atoms with E-state index in [1.54, 1.807) is 6.08 Å². The van der Waals surface area contributed by atoms with Crippen LogP contribution in [0.4, 0.5) is 5.69 Å². The van der Waals surface area contributed by atoms with E-state index in [0.29, 0.717) is 34.9 Å². The Morgan fingerprint density at radius 3 is 2.50 bits per heavy atom. The first kappa shape index (κ1) is 22.4. The van der Waals surface area contributed by atoms with Crippen molar-refractivity contribution in [2.24, 2.45) is 0 Å². The Kier molecular flexibility index (Phi) is 5.80. The molecule has 0 spiro atoms. The second kappa shape index (κ2) is 8.78. The molecule has 2 aliphatic rings. The Morgan fingerprint density at radius 1 is 1.09 bits per heavy atom. The van der Waals surface area contributed by atoms with Gasteiger partial charge in [0.15, 0.2) is 0 Å². The van der Waals surface area contributed by atoms with Gasteiger partial charge in [-0.15, -0.1) is 0 Å². The van der Waals surface area contributed by atoms with E-state index >= 15 is 0 Å². The van der Waals surface area contributed by atoms with Gasteiger partial charge in [-0.1, -0.05) is 35.9 Å². The number of H-pyrrole nitrogens is 1. The average molecular weight is 475 g/mol. The number of halogens is 1. The molecule has 3 N–H and O–H groups in total. The monoisotopic (exact) mass is 474 g/mol. The van der Waals surface area contributed by atoms with Crippen molar-refractivity contribution in [3.05, 3.63) is 76.1 Å². The first-order valence-corrected chi connectivity index (χ1v) is 11.8. The summed E-state index contributed by atoms with van der Waals surface area (Å²) in [5, 5.41) is 7.09. The molecule has 6 nitrogen and oxygen atoms in total. The largest absolute Gasteiger partial charge is 0.358 e. The second-order valence-electron chi connectivity index (χ2n) is 9.21. The summed E-state index contributed by atoms with van der Waals surface area (Å²) in [6.07, 6.45) is 1.80. The van der Waals surface area contributed by atoms with Crippen molar-refractivity contribution < 1.29 is 9.59 Å². The zero-order chi connectivity index (χ0) is 24.0. The highest BCUT2D eigenvalue weighted by Crippen LogP contribution is 2.40. The lowest BCUT2D eigenvalue weighted by Crippen LogP contribution is -2.55. The van der Waals surface area contributed by atoms with Crippen LogP contribution in [0, 0.1) is 6.92 Å². The minimum atomic E-state index is -0.188. The summed E-state index contributed by atoms with van der Waals surface area (Å²) in [5.41, 5.74) is 6.09. The number of carbonyl (C=O) groups is 2. The number of nitrogens with one attached hydrogen (secondary N) is 3. The van der Waals surface area contributed by atoms with Crippen molar-refractivity contribution in [2.45, 2.75) is 32.9 Å². The molecule has 1 fully saturated rings. The second-order valence-corrected chi connectivity index (χ2v) is 9.64. The number of aromatic nitrogens is 1. The highest BCUT2D eigenvalue weighted by Gasteiger charge is 2.30. The number of aryl methyl sites for hydroxylation is 1. The van der Waals surface area contributed by atoms with E-state index < -0.39 is 0 Å². The zero-order valence-corrected chi connectivity index (χ0v) is 20.2. The van der Waals surface area contributed by atoms with E-state index in [1.807, 2.05) is 60.4 Å². The number of benzene rings is 2. The van der Waals surface area contributed by atoms with Gasteiger partial charge in [-0.05, 0) is 62.2 Å². The number of anilines is 1. The zero-order valence-electron chi connectivity index (χ0n) is 19.4. The molecule has 2 aliphatic heterocycles. The van der Waals surface area contributed by atoms with Crippen LogP contribution < -0.4 is 10.6 Å². The number of rotatable bonds is 3. The van der Waals surface area contributed by atoms with Gasteiger partial charge in [0.05, 0.1) is 16.8 Å². The highest BCUT2D eigenvalue weighted by molar-refractivity contribution is 6.36. The van der Waals surface area contributed by atoms with Crippen LogP contribution in [0.3, 0.4) is 0 Å². The number of piperazine rings is 1. The fourth-order valence-corrected chi connectivity index (χ4v) is 5.09.